The van der Waals surface area contributed by atoms with Gasteiger partial charge in [0, 0.05) is 16.6 Å². The third-order valence-corrected chi connectivity index (χ3v) is 5.69. The lowest BCUT2D eigenvalue weighted by Gasteiger charge is -2.10. The van der Waals surface area contributed by atoms with Crippen LogP contribution in [0.2, 0.25) is 0 Å². The monoisotopic (exact) mass is 437 g/mol. The van der Waals surface area contributed by atoms with Crippen LogP contribution in [0.25, 0.3) is 10.9 Å². The van der Waals surface area contributed by atoms with Gasteiger partial charge in [-0.25, -0.2) is 0 Å². The second-order valence-corrected chi connectivity index (χ2v) is 7.95. The minimum absolute atomic E-state index is 0.166. The highest BCUT2D eigenvalue weighted by molar-refractivity contribution is 6.05. The van der Waals surface area contributed by atoms with Gasteiger partial charge in [0.25, 0.3) is 5.91 Å². The van der Waals surface area contributed by atoms with Gasteiger partial charge in [-0.05, 0) is 61.4 Å². The average Bonchev–Trinajstić information content (AvgIpc) is 3.06. The van der Waals surface area contributed by atoms with Crippen LogP contribution in [0.3, 0.4) is 0 Å². The number of aliphatic carboxylic acids is 1. The van der Waals surface area contributed by atoms with E-state index >= 15 is 0 Å². The molecule has 0 amide bonds. The third kappa shape index (κ3) is 5.31. The zero-order chi connectivity index (χ0) is 23.1. The molecule has 1 aromatic heterocycles. The van der Waals surface area contributed by atoms with Crippen molar-refractivity contribution in [1.29, 1.82) is 0 Å². The summed E-state index contributed by atoms with van der Waals surface area (Å²) in [4.78, 5) is 24.8. The van der Waals surface area contributed by atoms with Gasteiger partial charge < -0.3 is 14.6 Å². The fourth-order valence-electron chi connectivity index (χ4n) is 3.94. The number of carbonyl (C=O) groups excluding carboxylic acids is 1. The summed E-state index contributed by atoms with van der Waals surface area (Å²) >= 11 is 0. The Morgan fingerprint density at radius 1 is 0.969 bits per heavy atom. The van der Waals surface area contributed by atoms with Crippen LogP contribution in [-0.2, 0) is 11.2 Å². The first-order valence-electron chi connectivity index (χ1n) is 11.1. The lowest BCUT2D eigenvalue weighted by Crippen LogP contribution is -2.14. The fourth-order valence-corrected chi connectivity index (χ4v) is 3.94. The Kier molecular flexibility index (Phi) is 7.92. The second-order valence-electron chi connectivity index (χ2n) is 7.95. The second kappa shape index (κ2) is 10.8. The number of nitrogens with zero attached hydrogens (tertiary/aromatic N) is 1. The maximum atomic E-state index is 13.4. The fraction of sp³-hybridized carbons (Fsp3) is 0.385. The van der Waals surface area contributed by atoms with Crippen LogP contribution in [0.5, 0.6) is 11.5 Å². The van der Waals surface area contributed by atoms with Gasteiger partial charge in [-0.1, -0.05) is 32.6 Å². The quantitative estimate of drug-likeness (QED) is 0.394. The van der Waals surface area contributed by atoms with Gasteiger partial charge in [-0.15, -0.1) is 0 Å². The van der Waals surface area contributed by atoms with E-state index in [1.165, 1.54) is 19.3 Å². The van der Waals surface area contributed by atoms with Crippen LogP contribution < -0.4 is 9.47 Å². The van der Waals surface area contributed by atoms with Gasteiger partial charge in [0.1, 0.15) is 11.5 Å². The van der Waals surface area contributed by atoms with Crippen LogP contribution in [0, 0.1) is 6.92 Å². The van der Waals surface area contributed by atoms with Crippen molar-refractivity contribution < 1.29 is 24.2 Å². The molecule has 6 nitrogen and oxygen atoms in total. The minimum Gasteiger partial charge on any atom is -0.497 e. The first-order valence-corrected chi connectivity index (χ1v) is 11.1. The first kappa shape index (κ1) is 23.4. The van der Waals surface area contributed by atoms with E-state index in [9.17, 15) is 14.7 Å². The molecule has 0 aliphatic carbocycles. The Morgan fingerprint density at radius 2 is 1.66 bits per heavy atom. The molecule has 1 N–H and O–H groups in total. The maximum absolute atomic E-state index is 13.4. The van der Waals surface area contributed by atoms with E-state index in [4.69, 9.17) is 9.47 Å². The summed E-state index contributed by atoms with van der Waals surface area (Å²) in [5.74, 6) is 0.200. The van der Waals surface area contributed by atoms with Crippen molar-refractivity contribution in [3.05, 3.63) is 59.3 Å². The van der Waals surface area contributed by atoms with E-state index in [-0.39, 0.29) is 12.3 Å². The van der Waals surface area contributed by atoms with Gasteiger partial charge in [-0.2, -0.15) is 0 Å². The van der Waals surface area contributed by atoms with E-state index in [1.807, 2.05) is 12.1 Å². The lowest BCUT2D eigenvalue weighted by atomic mass is 10.1. The van der Waals surface area contributed by atoms with Gasteiger partial charge in [0.15, 0.2) is 0 Å². The van der Waals surface area contributed by atoms with Crippen molar-refractivity contribution in [3.63, 3.8) is 0 Å². The largest absolute Gasteiger partial charge is 0.497 e. The number of rotatable bonds is 11. The smallest absolute Gasteiger partial charge is 0.307 e. The Hall–Kier alpha value is -3.28. The molecular formula is C26H31NO5. The molecule has 0 aliphatic rings. The van der Waals surface area contributed by atoms with Gasteiger partial charge in [-0.3, -0.25) is 14.2 Å². The van der Waals surface area contributed by atoms with Crippen molar-refractivity contribution in [2.45, 2.75) is 52.4 Å². The van der Waals surface area contributed by atoms with E-state index in [0.717, 1.165) is 18.6 Å². The summed E-state index contributed by atoms with van der Waals surface area (Å²) in [6, 6.07) is 12.5. The van der Waals surface area contributed by atoms with Crippen molar-refractivity contribution in [1.82, 2.24) is 4.57 Å². The Labute approximate surface area is 188 Å². The number of benzene rings is 2. The third-order valence-electron chi connectivity index (χ3n) is 5.69. The molecule has 1 heterocycles. The predicted octanol–water partition coefficient (Wildman–Crippen LogP) is 5.62. The van der Waals surface area contributed by atoms with Gasteiger partial charge >= 0.3 is 5.97 Å². The number of carboxylic acids is 1. The van der Waals surface area contributed by atoms with Gasteiger partial charge in [0.05, 0.1) is 25.7 Å². The maximum Gasteiger partial charge on any atom is 0.307 e. The topological polar surface area (TPSA) is 77.8 Å². The molecule has 2 aromatic carbocycles. The number of unbranched alkanes of at least 4 members (excludes halogenated alkanes) is 4. The van der Waals surface area contributed by atoms with Crippen molar-refractivity contribution in [2.75, 3.05) is 13.7 Å². The molecule has 0 spiro atoms. The number of hydrogen-bond donors (Lipinski definition) is 1. The molecule has 3 aromatic rings. The number of carboxylic acid groups (broad SMARTS) is 1. The first-order chi connectivity index (χ1) is 15.5. The molecule has 0 bridgehead atoms. The van der Waals surface area contributed by atoms with Crippen molar-refractivity contribution in [3.8, 4) is 11.5 Å². The van der Waals surface area contributed by atoms with E-state index in [0.29, 0.717) is 40.1 Å². The Balaban J connectivity index is 1.82. The van der Waals surface area contributed by atoms with Crippen LogP contribution >= 0.6 is 0 Å². The summed E-state index contributed by atoms with van der Waals surface area (Å²) < 4.78 is 12.7. The molecular weight excluding hydrogens is 406 g/mol. The lowest BCUT2D eigenvalue weighted by molar-refractivity contribution is -0.136. The summed E-state index contributed by atoms with van der Waals surface area (Å²) in [5, 5.41) is 10.1. The highest BCUT2D eigenvalue weighted by Gasteiger charge is 2.21. The standard InChI is InChI=1S/C26H31NO5/c1-4-5-6-7-8-15-32-20-11-9-19(10-12-20)26(30)27-18(2)22(17-25(28)29)23-16-21(31-3)13-14-24(23)27/h9-14,16H,4-8,15,17H2,1-3H3,(H,28,29). The number of aromatic nitrogens is 1. The summed E-state index contributed by atoms with van der Waals surface area (Å²) in [7, 11) is 1.56. The Morgan fingerprint density at radius 3 is 2.31 bits per heavy atom. The molecule has 0 radical (unpaired) electrons. The molecule has 170 valence electrons. The van der Waals surface area contributed by atoms with Crippen LogP contribution in [0.1, 0.15) is 60.6 Å². The zero-order valence-electron chi connectivity index (χ0n) is 19.0. The highest BCUT2D eigenvalue weighted by Crippen LogP contribution is 2.31. The normalized spacial score (nSPS) is 11.0. The SMILES string of the molecule is CCCCCCCOc1ccc(C(=O)n2c(C)c(CC(=O)O)c3cc(OC)ccc32)cc1. The van der Waals surface area contributed by atoms with Crippen LogP contribution in [0.15, 0.2) is 42.5 Å². The number of ether oxygens (including phenoxy) is 2. The molecule has 0 fully saturated rings. The number of fused-ring (bicyclic) bond motifs is 1. The molecule has 32 heavy (non-hydrogen) atoms. The van der Waals surface area contributed by atoms with Crippen molar-refractivity contribution >= 4 is 22.8 Å². The summed E-state index contributed by atoms with van der Waals surface area (Å²) in [6.45, 7) is 4.64. The average molecular weight is 438 g/mol. The molecule has 3 rings (SSSR count). The zero-order valence-corrected chi connectivity index (χ0v) is 19.0. The molecule has 0 atom stereocenters. The van der Waals surface area contributed by atoms with Crippen LogP contribution in [0.4, 0.5) is 0 Å². The van der Waals surface area contributed by atoms with Crippen molar-refractivity contribution in [2.24, 2.45) is 0 Å². The predicted molar refractivity (Wildman–Crippen MR) is 125 cm³/mol. The molecule has 0 unspecified atom stereocenters. The number of hydrogen-bond acceptors (Lipinski definition) is 4. The number of methoxy groups -OCH3 is 1. The van der Waals surface area contributed by atoms with E-state index < -0.39 is 5.97 Å². The Bertz CT molecular complexity index is 1080. The molecule has 6 heteroatoms. The van der Waals surface area contributed by atoms with E-state index in [1.54, 1.807) is 48.9 Å². The minimum atomic E-state index is -0.946. The van der Waals surface area contributed by atoms with E-state index in [2.05, 4.69) is 6.92 Å². The summed E-state index contributed by atoms with van der Waals surface area (Å²) in [6.07, 6.45) is 5.72. The van der Waals surface area contributed by atoms with Crippen LogP contribution in [-0.4, -0.2) is 35.3 Å². The molecule has 0 saturated heterocycles. The molecule has 0 saturated carbocycles. The van der Waals surface area contributed by atoms with Gasteiger partial charge in [0.2, 0.25) is 0 Å². The summed E-state index contributed by atoms with van der Waals surface area (Å²) in [5.41, 5.74) is 2.41. The molecule has 0 aliphatic heterocycles. The highest BCUT2D eigenvalue weighted by atomic mass is 16.5. The number of carbonyl (C=O) groups is 2.